The van der Waals surface area contributed by atoms with Crippen molar-refractivity contribution in [1.82, 2.24) is 9.97 Å². The van der Waals surface area contributed by atoms with Gasteiger partial charge in [-0.3, -0.25) is 19.6 Å². The number of nitrogens with one attached hydrogen (secondary N) is 3. The minimum absolute atomic E-state index is 0.120. The van der Waals surface area contributed by atoms with Gasteiger partial charge in [0.15, 0.2) is 5.78 Å². The predicted molar refractivity (Wildman–Crippen MR) is 102 cm³/mol. The van der Waals surface area contributed by atoms with E-state index in [9.17, 15) is 18.8 Å². The maximum atomic E-state index is 13.5. The van der Waals surface area contributed by atoms with E-state index in [1.165, 1.54) is 12.1 Å². The van der Waals surface area contributed by atoms with Crippen molar-refractivity contribution in [3.8, 4) is 0 Å². The molecule has 2 atom stereocenters. The smallest absolute Gasteiger partial charge is 0.327 e. The SMILES string of the molecule is O=C1C[C@@H](c2ccco2)CC2=C1[C@@H](c1ccc(F)cc1)c1c([nH]c(=O)[nH]c1=O)N2. The molecule has 1 aliphatic carbocycles. The van der Waals surface area contributed by atoms with Gasteiger partial charge in [0.2, 0.25) is 0 Å². The molecule has 0 spiro atoms. The molecule has 2 aromatic heterocycles. The number of aromatic nitrogens is 2. The number of aromatic amines is 2. The summed E-state index contributed by atoms with van der Waals surface area (Å²) in [6.45, 7) is 0. The molecule has 0 bridgehead atoms. The van der Waals surface area contributed by atoms with Gasteiger partial charge in [0.25, 0.3) is 5.56 Å². The van der Waals surface area contributed by atoms with Crippen molar-refractivity contribution in [3.05, 3.63) is 97.5 Å². The minimum Gasteiger partial charge on any atom is -0.469 e. The number of carbonyl (C=O) groups is 1. The van der Waals surface area contributed by atoms with Crippen molar-refractivity contribution in [2.45, 2.75) is 24.7 Å². The number of fused-ring (bicyclic) bond motifs is 1. The lowest BCUT2D eigenvalue weighted by atomic mass is 9.73. The Balaban J connectivity index is 1.70. The van der Waals surface area contributed by atoms with Crippen molar-refractivity contribution < 1.29 is 13.6 Å². The molecular weight excluding hydrogens is 377 g/mol. The number of Topliss-reactive ketones (excluding diaryl/α,β-unsaturated/α-hetero) is 1. The molecule has 3 aromatic rings. The number of furan rings is 1. The van der Waals surface area contributed by atoms with Crippen LogP contribution in [0.3, 0.4) is 0 Å². The number of hydrogen-bond acceptors (Lipinski definition) is 5. The first-order valence-electron chi connectivity index (χ1n) is 9.20. The van der Waals surface area contributed by atoms with Crippen LogP contribution in [-0.2, 0) is 4.79 Å². The summed E-state index contributed by atoms with van der Waals surface area (Å²) < 4.78 is 19.0. The molecular formula is C21H16FN3O4. The molecule has 0 saturated carbocycles. The van der Waals surface area contributed by atoms with Gasteiger partial charge in [-0.05, 0) is 36.2 Å². The van der Waals surface area contributed by atoms with Gasteiger partial charge in [0.1, 0.15) is 17.4 Å². The van der Waals surface area contributed by atoms with E-state index in [1.54, 1.807) is 24.5 Å². The van der Waals surface area contributed by atoms with E-state index in [4.69, 9.17) is 4.42 Å². The average Bonchev–Trinajstić information content (AvgIpc) is 3.21. The van der Waals surface area contributed by atoms with E-state index in [-0.39, 0.29) is 29.5 Å². The number of halogens is 1. The first kappa shape index (κ1) is 17.4. The monoisotopic (exact) mass is 393 g/mol. The molecule has 5 rings (SSSR count). The lowest BCUT2D eigenvalue weighted by molar-refractivity contribution is -0.116. The van der Waals surface area contributed by atoms with Crippen LogP contribution in [0.1, 0.15) is 41.6 Å². The molecule has 3 heterocycles. The van der Waals surface area contributed by atoms with E-state index in [0.717, 1.165) is 0 Å². The first-order chi connectivity index (χ1) is 14.0. The molecule has 0 fully saturated rings. The summed E-state index contributed by atoms with van der Waals surface area (Å²) in [6.07, 6.45) is 2.29. The average molecular weight is 393 g/mol. The second-order valence-corrected chi connectivity index (χ2v) is 7.24. The Kier molecular flexibility index (Phi) is 3.87. The van der Waals surface area contributed by atoms with Crippen molar-refractivity contribution in [2.24, 2.45) is 0 Å². The number of hydrogen-bond donors (Lipinski definition) is 3. The van der Waals surface area contributed by atoms with Crippen LogP contribution >= 0.6 is 0 Å². The van der Waals surface area contributed by atoms with E-state index in [1.807, 2.05) is 6.07 Å². The quantitative estimate of drug-likeness (QED) is 0.621. The van der Waals surface area contributed by atoms with E-state index < -0.39 is 23.0 Å². The molecule has 3 N–H and O–H groups in total. The van der Waals surface area contributed by atoms with Gasteiger partial charge in [-0.25, -0.2) is 9.18 Å². The fourth-order valence-electron chi connectivity index (χ4n) is 4.26. The highest BCUT2D eigenvalue weighted by atomic mass is 19.1. The summed E-state index contributed by atoms with van der Waals surface area (Å²) in [5.41, 5.74) is 0.699. The number of benzene rings is 1. The summed E-state index contributed by atoms with van der Waals surface area (Å²) in [5.74, 6) is -0.429. The molecule has 8 heteroatoms. The summed E-state index contributed by atoms with van der Waals surface area (Å²) >= 11 is 0. The van der Waals surface area contributed by atoms with Gasteiger partial charge < -0.3 is 9.73 Å². The highest BCUT2D eigenvalue weighted by Crippen LogP contribution is 2.46. The molecule has 0 saturated heterocycles. The Morgan fingerprint density at radius 1 is 1.00 bits per heavy atom. The minimum atomic E-state index is -0.701. The Labute approximate surface area is 163 Å². The summed E-state index contributed by atoms with van der Waals surface area (Å²) in [5, 5.41) is 3.08. The number of ketones is 1. The molecule has 2 aliphatic rings. The van der Waals surface area contributed by atoms with Crippen LogP contribution in [0.25, 0.3) is 0 Å². The maximum absolute atomic E-state index is 13.5. The van der Waals surface area contributed by atoms with Gasteiger partial charge in [0.05, 0.1) is 11.8 Å². The zero-order chi connectivity index (χ0) is 20.1. The Hall–Kier alpha value is -3.68. The van der Waals surface area contributed by atoms with Crippen LogP contribution in [0.4, 0.5) is 10.2 Å². The molecule has 29 heavy (non-hydrogen) atoms. The Morgan fingerprint density at radius 3 is 2.52 bits per heavy atom. The van der Waals surface area contributed by atoms with Crippen molar-refractivity contribution in [3.63, 3.8) is 0 Å². The molecule has 1 aromatic carbocycles. The van der Waals surface area contributed by atoms with Crippen LogP contribution in [0.5, 0.6) is 0 Å². The fourth-order valence-corrected chi connectivity index (χ4v) is 4.26. The number of H-pyrrole nitrogens is 2. The van der Waals surface area contributed by atoms with Gasteiger partial charge in [-0.2, -0.15) is 0 Å². The lowest BCUT2D eigenvalue weighted by Gasteiger charge is -2.35. The van der Waals surface area contributed by atoms with Crippen LogP contribution in [0, 0.1) is 5.82 Å². The predicted octanol–water partition coefficient (Wildman–Crippen LogP) is 2.75. The molecule has 0 unspecified atom stereocenters. The summed E-state index contributed by atoms with van der Waals surface area (Å²) in [7, 11) is 0. The highest BCUT2D eigenvalue weighted by Gasteiger charge is 2.40. The fraction of sp³-hybridized carbons (Fsp3) is 0.190. The topological polar surface area (TPSA) is 108 Å². The second kappa shape index (κ2) is 6.44. The maximum Gasteiger partial charge on any atom is 0.327 e. The standard InChI is InChI=1S/C21H16FN3O4/c22-12-5-3-10(4-6-12)16-17-13(23-19-18(16)20(27)25-21(28)24-19)8-11(9-14(17)26)15-2-1-7-29-15/h1-7,11,16H,8-9H2,(H3,23,24,25,27,28)/t11-,16+/m0/s1. The van der Waals surface area contributed by atoms with E-state index in [2.05, 4.69) is 15.3 Å². The van der Waals surface area contributed by atoms with Crippen LogP contribution in [-0.4, -0.2) is 15.8 Å². The third-order valence-electron chi connectivity index (χ3n) is 5.49. The van der Waals surface area contributed by atoms with Crippen molar-refractivity contribution in [2.75, 3.05) is 5.32 Å². The van der Waals surface area contributed by atoms with Crippen molar-refractivity contribution in [1.29, 1.82) is 0 Å². The van der Waals surface area contributed by atoms with Gasteiger partial charge in [-0.1, -0.05) is 12.1 Å². The second-order valence-electron chi connectivity index (χ2n) is 7.24. The number of carbonyl (C=O) groups excluding carboxylic acids is 1. The molecule has 0 amide bonds. The van der Waals surface area contributed by atoms with Crippen LogP contribution < -0.4 is 16.6 Å². The normalized spacial score (nSPS) is 20.8. The van der Waals surface area contributed by atoms with Crippen molar-refractivity contribution >= 4 is 11.6 Å². The highest BCUT2D eigenvalue weighted by molar-refractivity contribution is 6.01. The lowest BCUT2D eigenvalue weighted by Crippen LogP contribution is -2.37. The zero-order valence-electron chi connectivity index (χ0n) is 15.1. The third-order valence-corrected chi connectivity index (χ3v) is 5.49. The van der Waals surface area contributed by atoms with E-state index >= 15 is 0 Å². The Morgan fingerprint density at radius 2 is 1.79 bits per heavy atom. The largest absolute Gasteiger partial charge is 0.469 e. The van der Waals surface area contributed by atoms with Gasteiger partial charge >= 0.3 is 5.69 Å². The molecule has 7 nitrogen and oxygen atoms in total. The number of anilines is 1. The van der Waals surface area contributed by atoms with E-state index in [0.29, 0.717) is 29.0 Å². The molecule has 146 valence electrons. The first-order valence-corrected chi connectivity index (χ1v) is 9.20. The van der Waals surface area contributed by atoms with Gasteiger partial charge in [0, 0.05) is 29.5 Å². The summed E-state index contributed by atoms with van der Waals surface area (Å²) in [4.78, 5) is 42.5. The number of rotatable bonds is 2. The Bertz CT molecular complexity index is 1250. The van der Waals surface area contributed by atoms with Crippen LogP contribution in [0.15, 0.2) is 67.9 Å². The number of allylic oxidation sites excluding steroid dienone is 2. The third kappa shape index (κ3) is 2.84. The summed E-state index contributed by atoms with van der Waals surface area (Å²) in [6, 6.07) is 9.27. The zero-order valence-corrected chi connectivity index (χ0v) is 15.1. The van der Waals surface area contributed by atoms with Crippen LogP contribution in [0.2, 0.25) is 0 Å². The molecule has 1 aliphatic heterocycles. The van der Waals surface area contributed by atoms with Gasteiger partial charge in [-0.15, -0.1) is 0 Å². The molecule has 0 radical (unpaired) electrons.